The molecule has 32 heavy (non-hydrogen) atoms. The summed E-state index contributed by atoms with van der Waals surface area (Å²) in [7, 11) is -1.05. The lowest BCUT2D eigenvalue weighted by molar-refractivity contribution is 0.392. The molecule has 0 bridgehead atoms. The Morgan fingerprint density at radius 1 is 1.00 bits per heavy atom. The molecule has 0 aliphatic heterocycles. The number of hydrogen-bond donors (Lipinski definition) is 2. The first-order chi connectivity index (χ1) is 15.4. The number of rotatable bonds is 8. The molecule has 8 heteroatoms. The largest absolute Gasteiger partial charge is 0.497 e. The number of hydrogen-bond acceptors (Lipinski definition) is 4. The van der Waals surface area contributed by atoms with E-state index in [0.29, 0.717) is 5.75 Å². The molecule has 1 aromatic heterocycles. The molecule has 1 atom stereocenters. The van der Waals surface area contributed by atoms with Gasteiger partial charge in [0.05, 0.1) is 14.2 Å². The summed E-state index contributed by atoms with van der Waals surface area (Å²) in [4.78, 5) is 3.21. The van der Waals surface area contributed by atoms with Gasteiger partial charge in [0.25, 0.3) is 0 Å². The van der Waals surface area contributed by atoms with Crippen LogP contribution in [-0.2, 0) is 10.0 Å². The van der Waals surface area contributed by atoms with Crippen LogP contribution in [-0.4, -0.2) is 34.2 Å². The maximum absolute atomic E-state index is 13.6. The second-order valence-corrected chi connectivity index (χ2v) is 9.00. The fourth-order valence-electron chi connectivity index (χ4n) is 3.75. The van der Waals surface area contributed by atoms with Gasteiger partial charge in [-0.3, -0.25) is 0 Å². The highest BCUT2D eigenvalue weighted by Crippen LogP contribution is 2.32. The van der Waals surface area contributed by atoms with E-state index in [-0.39, 0.29) is 28.9 Å². The molecular weight excluding hydrogens is 431 g/mol. The molecule has 3 aromatic carbocycles. The first-order valence-corrected chi connectivity index (χ1v) is 11.4. The van der Waals surface area contributed by atoms with Gasteiger partial charge in [-0.15, -0.1) is 0 Å². The maximum Gasteiger partial charge on any atom is 0.244 e. The summed E-state index contributed by atoms with van der Waals surface area (Å²) in [6, 6.07) is 18.4. The van der Waals surface area contributed by atoms with E-state index < -0.39 is 10.0 Å². The van der Waals surface area contributed by atoms with E-state index in [1.807, 2.05) is 30.5 Å². The average molecular weight is 455 g/mol. The Labute approximate surface area is 186 Å². The smallest absolute Gasteiger partial charge is 0.244 e. The van der Waals surface area contributed by atoms with Gasteiger partial charge in [-0.25, -0.2) is 17.5 Å². The van der Waals surface area contributed by atoms with Gasteiger partial charge in [0.1, 0.15) is 22.2 Å². The minimum absolute atomic E-state index is 0.0175. The van der Waals surface area contributed by atoms with Crippen molar-refractivity contribution in [3.05, 3.63) is 89.9 Å². The van der Waals surface area contributed by atoms with Gasteiger partial charge in [0, 0.05) is 35.6 Å². The number of nitrogens with one attached hydrogen (secondary N) is 2. The van der Waals surface area contributed by atoms with Gasteiger partial charge in [-0.2, -0.15) is 0 Å². The predicted molar refractivity (Wildman–Crippen MR) is 121 cm³/mol. The minimum Gasteiger partial charge on any atom is -0.497 e. The number of aromatic amines is 1. The van der Waals surface area contributed by atoms with Gasteiger partial charge in [0.2, 0.25) is 10.0 Å². The molecule has 4 aromatic rings. The summed E-state index contributed by atoms with van der Waals surface area (Å²) in [5, 5.41) is 0.972. The third-order valence-electron chi connectivity index (χ3n) is 5.41. The van der Waals surface area contributed by atoms with Crippen LogP contribution in [0.1, 0.15) is 17.0 Å². The SMILES string of the molecule is COc1ccc(OC)c(S(=O)(=O)NC[C@@H](c2ccc(F)cc2)c2c[nH]c3ccccc23)c1. The molecule has 2 N–H and O–H groups in total. The van der Waals surface area contributed by atoms with Crippen LogP contribution < -0.4 is 14.2 Å². The highest BCUT2D eigenvalue weighted by atomic mass is 32.2. The van der Waals surface area contributed by atoms with Crippen molar-refractivity contribution >= 4 is 20.9 Å². The van der Waals surface area contributed by atoms with Gasteiger partial charge in [0.15, 0.2) is 0 Å². The molecule has 0 spiro atoms. The predicted octanol–water partition coefficient (Wildman–Crippen LogP) is 4.43. The fourth-order valence-corrected chi connectivity index (χ4v) is 4.98. The number of sulfonamides is 1. The summed E-state index contributed by atoms with van der Waals surface area (Å²) >= 11 is 0. The van der Waals surface area contributed by atoms with Crippen molar-refractivity contribution in [1.82, 2.24) is 9.71 Å². The maximum atomic E-state index is 13.6. The van der Waals surface area contributed by atoms with E-state index in [2.05, 4.69) is 9.71 Å². The van der Waals surface area contributed by atoms with Crippen LogP contribution in [0, 0.1) is 5.82 Å². The third kappa shape index (κ3) is 4.32. The van der Waals surface area contributed by atoms with Gasteiger partial charge in [-0.1, -0.05) is 30.3 Å². The zero-order valence-electron chi connectivity index (χ0n) is 17.6. The van der Waals surface area contributed by atoms with Gasteiger partial charge < -0.3 is 14.5 Å². The van der Waals surface area contributed by atoms with Crippen molar-refractivity contribution < 1.29 is 22.3 Å². The van der Waals surface area contributed by atoms with E-state index in [4.69, 9.17) is 9.47 Å². The lowest BCUT2D eigenvalue weighted by Crippen LogP contribution is -2.29. The number of ether oxygens (including phenoxy) is 2. The quantitative estimate of drug-likeness (QED) is 0.413. The monoisotopic (exact) mass is 454 g/mol. The molecular formula is C24H23FN2O4S. The number of methoxy groups -OCH3 is 2. The Bertz CT molecular complexity index is 1330. The van der Waals surface area contributed by atoms with Crippen molar-refractivity contribution in [2.24, 2.45) is 0 Å². The Morgan fingerprint density at radius 3 is 2.47 bits per heavy atom. The topological polar surface area (TPSA) is 80.4 Å². The molecule has 0 radical (unpaired) electrons. The Kier molecular flexibility index (Phi) is 6.16. The molecule has 4 rings (SSSR count). The summed E-state index contributed by atoms with van der Waals surface area (Å²) in [6.07, 6.45) is 1.86. The van der Waals surface area contributed by atoms with Crippen LogP contribution in [0.3, 0.4) is 0 Å². The summed E-state index contributed by atoms with van der Waals surface area (Å²) in [6.45, 7) is 0.0657. The molecule has 166 valence electrons. The molecule has 1 heterocycles. The van der Waals surface area contributed by atoms with E-state index in [1.165, 1.54) is 32.4 Å². The Morgan fingerprint density at radius 2 is 1.75 bits per heavy atom. The molecule has 0 aliphatic carbocycles. The Balaban J connectivity index is 1.72. The molecule has 0 fully saturated rings. The molecule has 0 aliphatic rings. The van der Waals surface area contributed by atoms with Crippen molar-refractivity contribution in [2.45, 2.75) is 10.8 Å². The zero-order chi connectivity index (χ0) is 22.7. The summed E-state index contributed by atoms with van der Waals surface area (Å²) < 4.78 is 53.0. The lowest BCUT2D eigenvalue weighted by Gasteiger charge is -2.19. The summed E-state index contributed by atoms with van der Waals surface area (Å²) in [5.74, 6) is -0.0899. The van der Waals surface area contributed by atoms with Crippen LogP contribution in [0.5, 0.6) is 11.5 Å². The third-order valence-corrected chi connectivity index (χ3v) is 6.85. The van der Waals surface area contributed by atoms with Crippen LogP contribution in [0.4, 0.5) is 4.39 Å². The summed E-state index contributed by atoms with van der Waals surface area (Å²) in [5.41, 5.74) is 2.64. The molecule has 0 amide bonds. The average Bonchev–Trinajstić information content (AvgIpc) is 3.24. The van der Waals surface area contributed by atoms with Crippen molar-refractivity contribution in [3.8, 4) is 11.5 Å². The molecule has 0 saturated carbocycles. The van der Waals surface area contributed by atoms with Gasteiger partial charge in [-0.05, 0) is 41.5 Å². The van der Waals surface area contributed by atoms with E-state index >= 15 is 0 Å². The van der Waals surface area contributed by atoms with Crippen LogP contribution in [0.2, 0.25) is 0 Å². The number of aromatic nitrogens is 1. The highest BCUT2D eigenvalue weighted by Gasteiger charge is 2.25. The van der Waals surface area contributed by atoms with Crippen LogP contribution in [0.25, 0.3) is 10.9 Å². The second kappa shape index (κ2) is 9.02. The molecule has 6 nitrogen and oxygen atoms in total. The number of benzene rings is 3. The lowest BCUT2D eigenvalue weighted by atomic mass is 9.91. The minimum atomic E-state index is -3.93. The fraction of sp³-hybridized carbons (Fsp3) is 0.167. The van der Waals surface area contributed by atoms with Crippen LogP contribution >= 0.6 is 0 Å². The second-order valence-electron chi connectivity index (χ2n) is 7.26. The van der Waals surface area contributed by atoms with Gasteiger partial charge >= 0.3 is 0 Å². The molecule has 0 unspecified atom stereocenters. The number of fused-ring (bicyclic) bond motifs is 1. The van der Waals surface area contributed by atoms with Crippen molar-refractivity contribution in [1.29, 1.82) is 0 Å². The van der Waals surface area contributed by atoms with E-state index in [1.54, 1.807) is 24.3 Å². The standard InChI is InChI=1S/C24H23FN2O4S/c1-30-18-11-12-23(31-2)24(13-18)32(28,29)27-15-20(16-7-9-17(25)10-8-16)21-14-26-22-6-4-3-5-19(21)22/h3-14,20,26-27H,15H2,1-2H3/t20-/m0/s1. The number of H-pyrrole nitrogens is 1. The normalized spacial score (nSPS) is 12.6. The molecule has 0 saturated heterocycles. The van der Waals surface area contributed by atoms with E-state index in [9.17, 15) is 12.8 Å². The zero-order valence-corrected chi connectivity index (χ0v) is 18.4. The Hall–Kier alpha value is -3.36. The first-order valence-electron chi connectivity index (χ1n) is 9.96. The number of para-hydroxylation sites is 1. The van der Waals surface area contributed by atoms with E-state index in [0.717, 1.165) is 22.0 Å². The number of halogens is 1. The highest BCUT2D eigenvalue weighted by molar-refractivity contribution is 7.89. The van der Waals surface area contributed by atoms with Crippen molar-refractivity contribution in [2.75, 3.05) is 20.8 Å². The van der Waals surface area contributed by atoms with Crippen LogP contribution in [0.15, 0.2) is 77.8 Å². The first kappa shape index (κ1) is 21.9. The van der Waals surface area contributed by atoms with Crippen molar-refractivity contribution in [3.63, 3.8) is 0 Å².